The molecule has 0 fully saturated rings. The lowest BCUT2D eigenvalue weighted by atomic mass is 10.0. The van der Waals surface area contributed by atoms with Crippen molar-refractivity contribution in [2.45, 2.75) is 25.8 Å². The van der Waals surface area contributed by atoms with Gasteiger partial charge in [0.2, 0.25) is 0 Å². The van der Waals surface area contributed by atoms with Gasteiger partial charge in [-0.05, 0) is 44.5 Å². The molecule has 0 aliphatic carbocycles. The molecule has 0 amide bonds. The van der Waals surface area contributed by atoms with E-state index >= 15 is 0 Å². The maximum absolute atomic E-state index is 6.20. The maximum atomic E-state index is 6.20. The van der Waals surface area contributed by atoms with Crippen molar-refractivity contribution >= 4 is 27.5 Å². The van der Waals surface area contributed by atoms with Gasteiger partial charge in [0.25, 0.3) is 0 Å². The van der Waals surface area contributed by atoms with Gasteiger partial charge in [0.15, 0.2) is 0 Å². The Bertz CT molecular complexity index is 346. The van der Waals surface area contributed by atoms with Crippen LogP contribution in [-0.4, -0.2) is 26.3 Å². The molecule has 0 heterocycles. The highest BCUT2D eigenvalue weighted by atomic mass is 79.9. The van der Waals surface area contributed by atoms with Gasteiger partial charge >= 0.3 is 0 Å². The number of benzene rings is 1. The molecule has 1 rings (SSSR count). The van der Waals surface area contributed by atoms with Crippen LogP contribution in [0.4, 0.5) is 0 Å². The standard InChI is InChI=1S/C13H19BrClNO/c1-3-17-7-6-12(16-2)8-10-4-5-11(14)9-13(10)15/h4-5,9,12,16H,3,6-8H2,1-2H3. The second kappa shape index (κ2) is 8.09. The molecule has 0 aliphatic rings. The van der Waals surface area contributed by atoms with Gasteiger partial charge in [-0.2, -0.15) is 0 Å². The highest BCUT2D eigenvalue weighted by Crippen LogP contribution is 2.22. The quantitative estimate of drug-likeness (QED) is 0.774. The van der Waals surface area contributed by atoms with Crippen LogP contribution in [0.1, 0.15) is 18.9 Å². The molecule has 1 N–H and O–H groups in total. The minimum atomic E-state index is 0.403. The van der Waals surface area contributed by atoms with E-state index in [4.69, 9.17) is 16.3 Å². The summed E-state index contributed by atoms with van der Waals surface area (Å²) in [6.45, 7) is 3.57. The van der Waals surface area contributed by atoms with Crippen molar-refractivity contribution < 1.29 is 4.74 Å². The van der Waals surface area contributed by atoms with Crippen molar-refractivity contribution in [3.63, 3.8) is 0 Å². The lowest BCUT2D eigenvalue weighted by Crippen LogP contribution is -2.29. The monoisotopic (exact) mass is 319 g/mol. The summed E-state index contributed by atoms with van der Waals surface area (Å²) in [5.41, 5.74) is 1.17. The summed E-state index contributed by atoms with van der Waals surface area (Å²) in [6.07, 6.45) is 1.92. The highest BCUT2D eigenvalue weighted by molar-refractivity contribution is 9.10. The first-order valence-corrected chi connectivity index (χ1v) is 7.03. The maximum Gasteiger partial charge on any atom is 0.0480 e. The Labute approximate surface area is 117 Å². The first kappa shape index (κ1) is 15.0. The van der Waals surface area contributed by atoms with E-state index < -0.39 is 0 Å². The highest BCUT2D eigenvalue weighted by Gasteiger charge is 2.09. The van der Waals surface area contributed by atoms with Crippen LogP contribution in [-0.2, 0) is 11.2 Å². The van der Waals surface area contributed by atoms with Crippen molar-refractivity contribution in [3.8, 4) is 0 Å². The van der Waals surface area contributed by atoms with Crippen LogP contribution in [0.5, 0.6) is 0 Å². The van der Waals surface area contributed by atoms with E-state index in [9.17, 15) is 0 Å². The van der Waals surface area contributed by atoms with Crippen LogP contribution in [0.2, 0.25) is 5.02 Å². The second-order valence-corrected chi connectivity index (χ2v) is 5.23. The van der Waals surface area contributed by atoms with E-state index in [1.807, 2.05) is 26.1 Å². The molecule has 17 heavy (non-hydrogen) atoms. The Morgan fingerprint density at radius 3 is 2.82 bits per heavy atom. The van der Waals surface area contributed by atoms with Crippen molar-refractivity contribution in [1.82, 2.24) is 5.32 Å². The van der Waals surface area contributed by atoms with E-state index in [2.05, 4.69) is 27.3 Å². The fourth-order valence-corrected chi connectivity index (χ4v) is 2.42. The summed E-state index contributed by atoms with van der Waals surface area (Å²) < 4.78 is 6.39. The third-order valence-corrected chi connectivity index (χ3v) is 3.55. The van der Waals surface area contributed by atoms with Gasteiger partial charge in [0, 0.05) is 28.8 Å². The first-order valence-electron chi connectivity index (χ1n) is 5.86. The van der Waals surface area contributed by atoms with Gasteiger partial charge in [-0.3, -0.25) is 0 Å². The van der Waals surface area contributed by atoms with Crippen molar-refractivity contribution in [3.05, 3.63) is 33.3 Å². The summed E-state index contributed by atoms with van der Waals surface area (Å²) >= 11 is 9.61. The Morgan fingerprint density at radius 2 is 2.24 bits per heavy atom. The van der Waals surface area contributed by atoms with Crippen LogP contribution < -0.4 is 5.32 Å². The molecule has 1 aromatic rings. The first-order chi connectivity index (χ1) is 8.17. The molecule has 0 radical (unpaired) electrons. The van der Waals surface area contributed by atoms with Gasteiger partial charge in [-0.25, -0.2) is 0 Å². The zero-order valence-corrected chi connectivity index (χ0v) is 12.6. The molecule has 1 unspecified atom stereocenters. The Hall–Kier alpha value is -0.0900. The fraction of sp³-hybridized carbons (Fsp3) is 0.538. The molecule has 0 aromatic heterocycles. The van der Waals surface area contributed by atoms with E-state index in [1.165, 1.54) is 5.56 Å². The summed E-state index contributed by atoms with van der Waals surface area (Å²) in [5.74, 6) is 0. The number of halogens is 2. The Balaban J connectivity index is 2.54. The number of rotatable bonds is 7. The summed E-state index contributed by atoms with van der Waals surface area (Å²) in [6, 6.07) is 6.43. The van der Waals surface area contributed by atoms with Crippen LogP contribution >= 0.6 is 27.5 Å². The molecule has 1 atom stereocenters. The second-order valence-electron chi connectivity index (χ2n) is 3.91. The Kier molecular flexibility index (Phi) is 7.12. The third-order valence-electron chi connectivity index (χ3n) is 2.70. The normalized spacial score (nSPS) is 12.7. The van der Waals surface area contributed by atoms with E-state index in [-0.39, 0.29) is 0 Å². The average molecular weight is 321 g/mol. The summed E-state index contributed by atoms with van der Waals surface area (Å²) in [4.78, 5) is 0. The number of ether oxygens (including phenoxy) is 1. The molecule has 0 spiro atoms. The van der Waals surface area contributed by atoms with Crippen LogP contribution in [0.25, 0.3) is 0 Å². The summed E-state index contributed by atoms with van der Waals surface area (Å²) in [7, 11) is 1.98. The molecule has 1 aromatic carbocycles. The lowest BCUT2D eigenvalue weighted by Gasteiger charge is -2.17. The predicted octanol–water partition coefficient (Wildman–Crippen LogP) is 3.66. The predicted molar refractivity (Wildman–Crippen MR) is 76.8 cm³/mol. The molecule has 2 nitrogen and oxygen atoms in total. The van der Waals surface area contributed by atoms with Crippen molar-refractivity contribution in [2.24, 2.45) is 0 Å². The number of nitrogens with one attached hydrogen (secondary N) is 1. The lowest BCUT2D eigenvalue weighted by molar-refractivity contribution is 0.137. The molecular formula is C13H19BrClNO. The number of likely N-dealkylation sites (N-methyl/N-ethyl adjacent to an activating group) is 1. The van der Waals surface area contributed by atoms with Crippen LogP contribution in [0.15, 0.2) is 22.7 Å². The zero-order chi connectivity index (χ0) is 12.7. The molecule has 0 bridgehead atoms. The van der Waals surface area contributed by atoms with Gasteiger partial charge in [-0.15, -0.1) is 0 Å². The van der Waals surface area contributed by atoms with E-state index in [1.54, 1.807) is 0 Å². The van der Waals surface area contributed by atoms with Crippen LogP contribution in [0.3, 0.4) is 0 Å². The van der Waals surface area contributed by atoms with E-state index in [0.717, 1.165) is 35.6 Å². The average Bonchev–Trinajstić information content (AvgIpc) is 2.31. The fourth-order valence-electron chi connectivity index (χ4n) is 1.67. The van der Waals surface area contributed by atoms with Crippen molar-refractivity contribution in [1.29, 1.82) is 0 Å². The van der Waals surface area contributed by atoms with Crippen molar-refractivity contribution in [2.75, 3.05) is 20.3 Å². The van der Waals surface area contributed by atoms with Gasteiger partial charge < -0.3 is 10.1 Å². The SMILES string of the molecule is CCOCCC(Cc1ccc(Br)cc1Cl)NC. The third kappa shape index (κ3) is 5.38. The molecular weight excluding hydrogens is 302 g/mol. The van der Waals surface area contributed by atoms with Crippen LogP contribution in [0, 0.1) is 0 Å². The molecule has 0 saturated carbocycles. The Morgan fingerprint density at radius 1 is 1.47 bits per heavy atom. The minimum absolute atomic E-state index is 0.403. The number of hydrogen-bond donors (Lipinski definition) is 1. The van der Waals surface area contributed by atoms with Gasteiger partial charge in [0.05, 0.1) is 0 Å². The smallest absolute Gasteiger partial charge is 0.0480 e. The number of hydrogen-bond acceptors (Lipinski definition) is 2. The molecule has 0 saturated heterocycles. The topological polar surface area (TPSA) is 21.3 Å². The molecule has 4 heteroatoms. The largest absolute Gasteiger partial charge is 0.382 e. The zero-order valence-electron chi connectivity index (χ0n) is 10.3. The summed E-state index contributed by atoms with van der Waals surface area (Å²) in [5, 5.41) is 4.12. The van der Waals surface area contributed by atoms with Gasteiger partial charge in [0.1, 0.15) is 0 Å². The minimum Gasteiger partial charge on any atom is -0.382 e. The molecule has 96 valence electrons. The van der Waals surface area contributed by atoms with Gasteiger partial charge in [-0.1, -0.05) is 33.6 Å². The van der Waals surface area contributed by atoms with E-state index in [0.29, 0.717) is 6.04 Å². The molecule has 0 aliphatic heterocycles.